The van der Waals surface area contributed by atoms with Gasteiger partial charge in [0.05, 0.1) is 4.47 Å². The van der Waals surface area contributed by atoms with Gasteiger partial charge in [0.1, 0.15) is 11.5 Å². The first-order chi connectivity index (χ1) is 10.1. The molecule has 0 radical (unpaired) electrons. The maximum Gasteiger partial charge on any atom is 0.349 e. The van der Waals surface area contributed by atoms with Crippen molar-refractivity contribution in [2.75, 3.05) is 6.61 Å². The zero-order chi connectivity index (χ0) is 15.2. The monoisotopic (exact) mass is 368 g/mol. The number of ether oxygens (including phenoxy) is 2. The van der Waals surface area contributed by atoms with Gasteiger partial charge in [-0.1, -0.05) is 24.6 Å². The Morgan fingerprint density at radius 3 is 2.52 bits per heavy atom. The highest BCUT2D eigenvalue weighted by atomic mass is 79.9. The van der Waals surface area contributed by atoms with Crippen LogP contribution in [0.2, 0.25) is 5.02 Å². The lowest BCUT2D eigenvalue weighted by molar-refractivity contribution is -0.136. The maximum absolute atomic E-state index is 11.8. The van der Waals surface area contributed by atoms with E-state index in [-0.39, 0.29) is 6.61 Å². The number of hydrogen-bond acceptors (Lipinski definition) is 3. The molecule has 0 spiro atoms. The molecule has 5 heteroatoms. The fourth-order valence-electron chi connectivity index (χ4n) is 1.67. The van der Waals surface area contributed by atoms with E-state index in [1.54, 1.807) is 30.3 Å². The topological polar surface area (TPSA) is 35.5 Å². The number of halogens is 2. The second-order valence-corrected chi connectivity index (χ2v) is 5.63. The summed E-state index contributed by atoms with van der Waals surface area (Å²) in [5, 5.41) is 0.616. The average molecular weight is 370 g/mol. The van der Waals surface area contributed by atoms with Gasteiger partial charge < -0.3 is 9.47 Å². The van der Waals surface area contributed by atoms with E-state index < -0.39 is 5.97 Å². The third-order valence-electron chi connectivity index (χ3n) is 2.80. The SMILES string of the molecule is CCc1ccc(OC(=O)COc2ccc(Cl)cc2)c(Br)c1. The molecule has 2 aromatic carbocycles. The highest BCUT2D eigenvalue weighted by molar-refractivity contribution is 9.10. The van der Waals surface area contributed by atoms with E-state index in [1.807, 2.05) is 12.1 Å². The molecule has 21 heavy (non-hydrogen) atoms. The number of esters is 1. The van der Waals surface area contributed by atoms with Gasteiger partial charge in [-0.25, -0.2) is 4.79 Å². The highest BCUT2D eigenvalue weighted by Crippen LogP contribution is 2.26. The summed E-state index contributed by atoms with van der Waals surface area (Å²) in [5.74, 6) is 0.587. The molecule has 2 aromatic rings. The molecular formula is C16H14BrClO3. The zero-order valence-corrected chi connectivity index (χ0v) is 13.8. The predicted octanol–water partition coefficient (Wildman–Crippen LogP) is 4.65. The van der Waals surface area contributed by atoms with Gasteiger partial charge in [-0.05, 0) is 64.3 Å². The number of benzene rings is 2. The van der Waals surface area contributed by atoms with Crippen molar-refractivity contribution in [3.8, 4) is 11.5 Å². The van der Waals surface area contributed by atoms with Crippen molar-refractivity contribution in [2.24, 2.45) is 0 Å². The molecule has 0 atom stereocenters. The molecule has 0 saturated heterocycles. The molecule has 0 aliphatic rings. The molecule has 0 unspecified atom stereocenters. The number of carbonyl (C=O) groups excluding carboxylic acids is 1. The molecule has 3 nitrogen and oxygen atoms in total. The lowest BCUT2D eigenvalue weighted by Gasteiger charge is -2.09. The summed E-state index contributed by atoms with van der Waals surface area (Å²) in [6.07, 6.45) is 0.923. The Kier molecular flexibility index (Phi) is 5.65. The van der Waals surface area contributed by atoms with Gasteiger partial charge in [-0.2, -0.15) is 0 Å². The first-order valence-corrected chi connectivity index (χ1v) is 7.63. The summed E-state index contributed by atoms with van der Waals surface area (Å²) in [5.41, 5.74) is 1.17. The summed E-state index contributed by atoms with van der Waals surface area (Å²) in [7, 11) is 0. The molecule has 0 bridgehead atoms. The molecule has 0 fully saturated rings. The van der Waals surface area contributed by atoms with Crippen molar-refractivity contribution in [3.63, 3.8) is 0 Å². The van der Waals surface area contributed by atoms with Gasteiger partial charge in [-0.15, -0.1) is 0 Å². The summed E-state index contributed by atoms with van der Waals surface area (Å²) in [4.78, 5) is 11.8. The minimum Gasteiger partial charge on any atom is -0.482 e. The van der Waals surface area contributed by atoms with Crippen molar-refractivity contribution in [2.45, 2.75) is 13.3 Å². The van der Waals surface area contributed by atoms with Crippen LogP contribution in [-0.2, 0) is 11.2 Å². The van der Waals surface area contributed by atoms with Gasteiger partial charge in [-0.3, -0.25) is 0 Å². The molecule has 110 valence electrons. The minimum absolute atomic E-state index is 0.163. The normalized spacial score (nSPS) is 10.2. The smallest absolute Gasteiger partial charge is 0.349 e. The summed E-state index contributed by atoms with van der Waals surface area (Å²) in [6, 6.07) is 12.4. The van der Waals surface area contributed by atoms with Crippen LogP contribution in [0.4, 0.5) is 0 Å². The van der Waals surface area contributed by atoms with Crippen molar-refractivity contribution >= 4 is 33.5 Å². The van der Waals surface area contributed by atoms with Crippen LogP contribution >= 0.6 is 27.5 Å². The van der Waals surface area contributed by atoms with Crippen LogP contribution in [0.3, 0.4) is 0 Å². The van der Waals surface area contributed by atoms with Crippen LogP contribution in [0.25, 0.3) is 0 Å². The van der Waals surface area contributed by atoms with Crippen molar-refractivity contribution in [3.05, 3.63) is 57.5 Å². The van der Waals surface area contributed by atoms with E-state index in [1.165, 1.54) is 5.56 Å². The third kappa shape index (κ3) is 4.76. The van der Waals surface area contributed by atoms with Crippen LogP contribution < -0.4 is 9.47 Å². The number of hydrogen-bond donors (Lipinski definition) is 0. The van der Waals surface area contributed by atoms with Crippen LogP contribution in [0.5, 0.6) is 11.5 Å². The highest BCUT2D eigenvalue weighted by Gasteiger charge is 2.09. The van der Waals surface area contributed by atoms with E-state index in [9.17, 15) is 4.79 Å². The van der Waals surface area contributed by atoms with Crippen LogP contribution in [0, 0.1) is 0 Å². The van der Waals surface area contributed by atoms with Gasteiger partial charge in [0.2, 0.25) is 0 Å². The fourth-order valence-corrected chi connectivity index (χ4v) is 2.31. The van der Waals surface area contributed by atoms with Gasteiger partial charge in [0, 0.05) is 5.02 Å². The Hall–Kier alpha value is -1.52. The number of rotatable bonds is 5. The lowest BCUT2D eigenvalue weighted by Crippen LogP contribution is -2.17. The minimum atomic E-state index is -0.463. The maximum atomic E-state index is 11.8. The molecule has 0 heterocycles. The summed E-state index contributed by atoms with van der Waals surface area (Å²) in [6.45, 7) is 1.90. The molecule has 0 aliphatic heterocycles. The Morgan fingerprint density at radius 1 is 1.19 bits per heavy atom. The molecule has 0 N–H and O–H groups in total. The van der Waals surface area contributed by atoms with Crippen molar-refractivity contribution in [1.29, 1.82) is 0 Å². The third-order valence-corrected chi connectivity index (χ3v) is 3.67. The fraction of sp³-hybridized carbons (Fsp3) is 0.188. The first kappa shape index (κ1) is 15.9. The lowest BCUT2D eigenvalue weighted by atomic mass is 10.2. The van der Waals surface area contributed by atoms with Gasteiger partial charge >= 0.3 is 5.97 Å². The van der Waals surface area contributed by atoms with Crippen molar-refractivity contribution in [1.82, 2.24) is 0 Å². The number of aryl methyl sites for hydroxylation is 1. The zero-order valence-electron chi connectivity index (χ0n) is 11.4. The van der Waals surface area contributed by atoms with Crippen LogP contribution in [0.1, 0.15) is 12.5 Å². The summed E-state index contributed by atoms with van der Waals surface area (Å²) < 4.78 is 11.3. The Balaban J connectivity index is 1.91. The molecule has 0 aliphatic carbocycles. The largest absolute Gasteiger partial charge is 0.482 e. The predicted molar refractivity (Wildman–Crippen MR) is 86.1 cm³/mol. The van der Waals surface area contributed by atoms with Crippen molar-refractivity contribution < 1.29 is 14.3 Å². The molecular weight excluding hydrogens is 356 g/mol. The van der Waals surface area contributed by atoms with E-state index in [2.05, 4.69) is 22.9 Å². The van der Waals surface area contributed by atoms with E-state index in [0.29, 0.717) is 16.5 Å². The van der Waals surface area contributed by atoms with Gasteiger partial charge in [0.15, 0.2) is 6.61 Å². The Morgan fingerprint density at radius 2 is 1.90 bits per heavy atom. The number of carbonyl (C=O) groups is 1. The standard InChI is InChI=1S/C16H14BrClO3/c1-2-11-3-8-15(14(17)9-11)21-16(19)10-20-13-6-4-12(18)5-7-13/h3-9H,2,10H2,1H3. The van der Waals surface area contributed by atoms with Gasteiger partial charge in [0.25, 0.3) is 0 Å². The molecule has 0 aromatic heterocycles. The second-order valence-electron chi connectivity index (χ2n) is 4.33. The van der Waals surface area contributed by atoms with E-state index in [4.69, 9.17) is 21.1 Å². The van der Waals surface area contributed by atoms with Crippen LogP contribution in [-0.4, -0.2) is 12.6 Å². The molecule has 0 saturated carbocycles. The van der Waals surface area contributed by atoms with E-state index >= 15 is 0 Å². The van der Waals surface area contributed by atoms with E-state index in [0.717, 1.165) is 10.9 Å². The summed E-state index contributed by atoms with van der Waals surface area (Å²) >= 11 is 9.16. The molecule has 2 rings (SSSR count). The quantitative estimate of drug-likeness (QED) is 0.568. The Bertz CT molecular complexity index is 626. The average Bonchev–Trinajstić information content (AvgIpc) is 2.48. The second kappa shape index (κ2) is 7.48. The molecule has 0 amide bonds. The first-order valence-electron chi connectivity index (χ1n) is 6.46. The Labute approximate surface area is 137 Å². The van der Waals surface area contributed by atoms with Crippen LogP contribution in [0.15, 0.2) is 46.9 Å².